The fourth-order valence-electron chi connectivity index (χ4n) is 4.22. The molecule has 0 unspecified atom stereocenters. The number of fused-ring (bicyclic) bond motifs is 2. The lowest BCUT2D eigenvalue weighted by Crippen LogP contribution is -2.04. The van der Waals surface area contributed by atoms with E-state index in [0.29, 0.717) is 6.54 Å². The molecule has 0 radical (unpaired) electrons. The summed E-state index contributed by atoms with van der Waals surface area (Å²) in [5, 5.41) is 2.54. The summed E-state index contributed by atoms with van der Waals surface area (Å²) in [6.07, 6.45) is 9.83. The molecule has 0 amide bonds. The molecule has 0 saturated carbocycles. The number of aromatic nitrogens is 3. The van der Waals surface area contributed by atoms with Gasteiger partial charge >= 0.3 is 0 Å². The fraction of sp³-hybridized carbons (Fsp3) is 0.167. The third-order valence-corrected chi connectivity index (χ3v) is 5.52. The number of benzene rings is 2. The van der Waals surface area contributed by atoms with Gasteiger partial charge in [0.2, 0.25) is 0 Å². The van der Waals surface area contributed by atoms with Gasteiger partial charge in [-0.1, -0.05) is 36.4 Å². The van der Waals surface area contributed by atoms with Crippen molar-refractivity contribution >= 4 is 21.8 Å². The SMILES string of the molecule is Cn1cc(-c2c[nH]c3ccccc23)c(-c2cn(CCCN)c3ccccc23)c1. The molecular formula is C24H24N4. The van der Waals surface area contributed by atoms with E-state index >= 15 is 0 Å². The van der Waals surface area contributed by atoms with Crippen molar-refractivity contribution in [3.8, 4) is 22.3 Å². The van der Waals surface area contributed by atoms with Gasteiger partial charge in [0.1, 0.15) is 0 Å². The fourth-order valence-corrected chi connectivity index (χ4v) is 4.22. The zero-order valence-electron chi connectivity index (χ0n) is 16.0. The molecule has 28 heavy (non-hydrogen) atoms. The Balaban J connectivity index is 1.73. The first-order chi connectivity index (χ1) is 13.8. The van der Waals surface area contributed by atoms with Gasteiger partial charge in [-0.2, -0.15) is 0 Å². The molecule has 140 valence electrons. The molecule has 0 fully saturated rings. The van der Waals surface area contributed by atoms with Gasteiger partial charge in [-0.05, 0) is 25.1 Å². The number of nitrogens with two attached hydrogens (primary N) is 1. The first-order valence-electron chi connectivity index (χ1n) is 9.77. The molecule has 0 atom stereocenters. The van der Waals surface area contributed by atoms with Crippen molar-refractivity contribution in [3.05, 3.63) is 73.3 Å². The van der Waals surface area contributed by atoms with Crippen molar-refractivity contribution in [3.63, 3.8) is 0 Å². The van der Waals surface area contributed by atoms with Gasteiger partial charge in [0.15, 0.2) is 0 Å². The summed E-state index contributed by atoms with van der Waals surface area (Å²) in [6, 6.07) is 17.1. The van der Waals surface area contributed by atoms with Gasteiger partial charge in [0.05, 0.1) is 0 Å². The standard InChI is InChI=1S/C24H24N4/c1-27-14-20(19-13-26-23-9-4-2-7-17(19)23)21(15-27)22-16-28(12-6-11-25)24-10-5-3-8-18(22)24/h2-5,7-10,13-16,26H,6,11-12,25H2,1H3. The van der Waals surface area contributed by atoms with E-state index < -0.39 is 0 Å². The average Bonchev–Trinajstić information content (AvgIpc) is 3.41. The number of hydrogen-bond acceptors (Lipinski definition) is 1. The Morgan fingerprint density at radius 1 is 0.821 bits per heavy atom. The molecule has 4 nitrogen and oxygen atoms in total. The molecule has 0 aliphatic rings. The van der Waals surface area contributed by atoms with Crippen molar-refractivity contribution in [2.45, 2.75) is 13.0 Å². The zero-order chi connectivity index (χ0) is 19.1. The molecule has 3 aromatic heterocycles. The van der Waals surface area contributed by atoms with Crippen LogP contribution in [0.15, 0.2) is 73.3 Å². The quantitative estimate of drug-likeness (QED) is 0.443. The highest BCUT2D eigenvalue weighted by molar-refractivity contribution is 6.04. The smallest absolute Gasteiger partial charge is 0.0486 e. The molecule has 0 spiro atoms. The lowest BCUT2D eigenvalue weighted by atomic mass is 9.98. The van der Waals surface area contributed by atoms with Gasteiger partial charge < -0.3 is 19.9 Å². The Hall–Kier alpha value is -3.24. The van der Waals surface area contributed by atoms with Crippen LogP contribution in [0.1, 0.15) is 6.42 Å². The van der Waals surface area contributed by atoms with Gasteiger partial charge in [-0.25, -0.2) is 0 Å². The molecular weight excluding hydrogens is 344 g/mol. The van der Waals surface area contributed by atoms with Crippen LogP contribution in [0.3, 0.4) is 0 Å². The van der Waals surface area contributed by atoms with Gasteiger partial charge in [-0.3, -0.25) is 0 Å². The molecule has 2 aromatic carbocycles. The van der Waals surface area contributed by atoms with Gasteiger partial charge in [0.25, 0.3) is 0 Å². The van der Waals surface area contributed by atoms with Gasteiger partial charge in [0, 0.05) is 82.4 Å². The number of para-hydroxylation sites is 2. The number of nitrogens with zero attached hydrogens (tertiary/aromatic N) is 2. The van der Waals surface area contributed by atoms with Crippen LogP contribution in [-0.2, 0) is 13.6 Å². The van der Waals surface area contributed by atoms with Crippen LogP contribution < -0.4 is 5.73 Å². The van der Waals surface area contributed by atoms with E-state index in [2.05, 4.69) is 94.5 Å². The van der Waals surface area contributed by atoms with Crippen molar-refractivity contribution in [1.29, 1.82) is 0 Å². The number of aryl methyl sites for hydroxylation is 2. The van der Waals surface area contributed by atoms with E-state index in [1.54, 1.807) is 0 Å². The molecule has 3 heterocycles. The Morgan fingerprint density at radius 3 is 2.36 bits per heavy atom. The Kier molecular flexibility index (Phi) is 4.06. The van der Waals surface area contributed by atoms with E-state index in [1.807, 2.05) is 0 Å². The first kappa shape index (κ1) is 16.9. The summed E-state index contributed by atoms with van der Waals surface area (Å²) in [4.78, 5) is 3.42. The van der Waals surface area contributed by atoms with E-state index in [9.17, 15) is 0 Å². The van der Waals surface area contributed by atoms with Crippen LogP contribution >= 0.6 is 0 Å². The number of hydrogen-bond donors (Lipinski definition) is 2. The summed E-state index contributed by atoms with van der Waals surface area (Å²) in [6.45, 7) is 1.64. The Morgan fingerprint density at radius 2 is 1.54 bits per heavy atom. The van der Waals surface area contributed by atoms with Crippen LogP contribution in [0.2, 0.25) is 0 Å². The van der Waals surface area contributed by atoms with Crippen molar-refractivity contribution in [2.24, 2.45) is 12.8 Å². The molecule has 4 heteroatoms. The van der Waals surface area contributed by atoms with Crippen LogP contribution in [0, 0.1) is 0 Å². The monoisotopic (exact) mass is 368 g/mol. The molecule has 5 rings (SSSR count). The van der Waals surface area contributed by atoms with E-state index in [-0.39, 0.29) is 0 Å². The maximum atomic E-state index is 5.76. The Bertz CT molecular complexity index is 1270. The molecule has 0 saturated heterocycles. The highest BCUT2D eigenvalue weighted by Gasteiger charge is 2.17. The second-order valence-corrected chi connectivity index (χ2v) is 7.39. The summed E-state index contributed by atoms with van der Waals surface area (Å²) in [7, 11) is 2.09. The minimum atomic E-state index is 0.702. The molecule has 5 aromatic rings. The topological polar surface area (TPSA) is 51.7 Å². The maximum Gasteiger partial charge on any atom is 0.0486 e. The molecule has 0 aliphatic heterocycles. The van der Waals surface area contributed by atoms with Crippen molar-refractivity contribution in [1.82, 2.24) is 14.1 Å². The lowest BCUT2D eigenvalue weighted by molar-refractivity contribution is 0.671. The van der Waals surface area contributed by atoms with Crippen LogP contribution in [0.5, 0.6) is 0 Å². The second kappa shape index (κ2) is 6.73. The van der Waals surface area contributed by atoms with Crippen molar-refractivity contribution in [2.75, 3.05) is 6.54 Å². The molecule has 0 bridgehead atoms. The second-order valence-electron chi connectivity index (χ2n) is 7.39. The van der Waals surface area contributed by atoms with Crippen LogP contribution in [0.25, 0.3) is 44.1 Å². The zero-order valence-corrected chi connectivity index (χ0v) is 16.0. The molecule has 3 N–H and O–H groups in total. The number of aromatic amines is 1. The lowest BCUT2D eigenvalue weighted by Gasteiger charge is -2.03. The third kappa shape index (κ3) is 2.65. The van der Waals surface area contributed by atoms with E-state index in [1.165, 1.54) is 38.5 Å². The van der Waals surface area contributed by atoms with Gasteiger partial charge in [-0.15, -0.1) is 0 Å². The highest BCUT2D eigenvalue weighted by atomic mass is 15.0. The first-order valence-corrected chi connectivity index (χ1v) is 9.77. The Labute approximate surface area is 164 Å². The van der Waals surface area contributed by atoms with Crippen LogP contribution in [-0.4, -0.2) is 20.7 Å². The van der Waals surface area contributed by atoms with E-state index in [0.717, 1.165) is 18.5 Å². The van der Waals surface area contributed by atoms with Crippen LogP contribution in [0.4, 0.5) is 0 Å². The molecule has 0 aliphatic carbocycles. The highest BCUT2D eigenvalue weighted by Crippen LogP contribution is 2.40. The summed E-state index contributed by atoms with van der Waals surface area (Å²) < 4.78 is 4.49. The number of rotatable bonds is 5. The predicted molar refractivity (Wildman–Crippen MR) is 117 cm³/mol. The number of nitrogens with one attached hydrogen (secondary N) is 1. The normalized spacial score (nSPS) is 11.6. The predicted octanol–water partition coefficient (Wildman–Crippen LogP) is 5.14. The average molecular weight is 368 g/mol. The maximum absolute atomic E-state index is 5.76. The minimum absolute atomic E-state index is 0.702. The van der Waals surface area contributed by atoms with E-state index in [4.69, 9.17) is 5.73 Å². The summed E-state index contributed by atoms with van der Waals surface area (Å²) in [5.41, 5.74) is 13.2. The number of H-pyrrole nitrogens is 1. The van der Waals surface area contributed by atoms with Crippen molar-refractivity contribution < 1.29 is 0 Å². The largest absolute Gasteiger partial charge is 0.361 e. The minimum Gasteiger partial charge on any atom is -0.361 e. The summed E-state index contributed by atoms with van der Waals surface area (Å²) >= 11 is 0. The third-order valence-electron chi connectivity index (χ3n) is 5.52. The summed E-state index contributed by atoms with van der Waals surface area (Å²) in [5.74, 6) is 0.